The highest BCUT2D eigenvalue weighted by Crippen LogP contribution is 2.51. The maximum absolute atomic E-state index is 3.43. The van der Waals surface area contributed by atoms with Crippen molar-refractivity contribution in [1.82, 2.24) is 9.97 Å². The van der Waals surface area contributed by atoms with E-state index < -0.39 is 0 Å². The minimum atomic E-state index is 0.342. The molecular formula is C20H16N2. The van der Waals surface area contributed by atoms with Crippen LogP contribution < -0.4 is 0 Å². The number of benzene rings is 2. The molecule has 5 rings (SSSR count). The standard InChI is InChI=1S/C20H16N2/c1-5-13-6-2-8-15-18(13)14(7-1)19(16-9-3-11-21-16)20(15)17-10-4-12-22-17/h1-12,19-22H. The molecule has 2 aromatic heterocycles. The third kappa shape index (κ3) is 1.49. The van der Waals surface area contributed by atoms with Crippen LogP contribution in [0.25, 0.3) is 10.8 Å². The highest BCUT2D eigenvalue weighted by molar-refractivity contribution is 5.93. The van der Waals surface area contributed by atoms with E-state index in [9.17, 15) is 0 Å². The molecule has 2 unspecified atom stereocenters. The number of hydrogen-bond donors (Lipinski definition) is 2. The van der Waals surface area contributed by atoms with Crippen LogP contribution in [0.3, 0.4) is 0 Å². The van der Waals surface area contributed by atoms with Crippen LogP contribution in [0.4, 0.5) is 0 Å². The quantitative estimate of drug-likeness (QED) is 0.531. The Labute approximate surface area is 128 Å². The van der Waals surface area contributed by atoms with Gasteiger partial charge < -0.3 is 9.97 Å². The smallest absolute Gasteiger partial charge is 0.0371 e. The van der Waals surface area contributed by atoms with Gasteiger partial charge >= 0.3 is 0 Å². The first-order chi connectivity index (χ1) is 10.9. The van der Waals surface area contributed by atoms with Crippen molar-refractivity contribution in [3.63, 3.8) is 0 Å². The zero-order valence-corrected chi connectivity index (χ0v) is 12.1. The first-order valence-corrected chi connectivity index (χ1v) is 7.71. The second-order valence-electron chi connectivity index (χ2n) is 6.00. The van der Waals surface area contributed by atoms with E-state index in [1.807, 2.05) is 12.4 Å². The van der Waals surface area contributed by atoms with E-state index >= 15 is 0 Å². The summed E-state index contributed by atoms with van der Waals surface area (Å²) in [7, 11) is 0. The molecule has 22 heavy (non-hydrogen) atoms. The van der Waals surface area contributed by atoms with Crippen molar-refractivity contribution >= 4 is 10.8 Å². The second-order valence-corrected chi connectivity index (χ2v) is 6.00. The van der Waals surface area contributed by atoms with E-state index in [1.165, 1.54) is 33.3 Å². The molecule has 1 aliphatic carbocycles. The Hall–Kier alpha value is -2.74. The van der Waals surface area contributed by atoms with E-state index in [1.54, 1.807) is 0 Å². The Balaban J connectivity index is 1.85. The molecule has 2 heteroatoms. The third-order valence-electron chi connectivity index (χ3n) is 4.89. The topological polar surface area (TPSA) is 31.6 Å². The predicted octanol–water partition coefficient (Wildman–Crippen LogP) is 4.77. The molecule has 0 saturated heterocycles. The van der Waals surface area contributed by atoms with Gasteiger partial charge in [-0.25, -0.2) is 0 Å². The third-order valence-corrected chi connectivity index (χ3v) is 4.89. The van der Waals surface area contributed by atoms with Crippen LogP contribution in [-0.4, -0.2) is 9.97 Å². The Bertz CT molecular complexity index is 858. The molecule has 2 heterocycles. The highest BCUT2D eigenvalue weighted by Gasteiger charge is 2.37. The van der Waals surface area contributed by atoms with E-state index in [4.69, 9.17) is 0 Å². The SMILES string of the molecule is c1c[nH]c(C2c3cccc4cccc(c34)C2c2ccc[nH]2)c1. The van der Waals surface area contributed by atoms with Gasteiger partial charge in [-0.05, 0) is 46.2 Å². The molecule has 2 N–H and O–H groups in total. The van der Waals surface area contributed by atoms with Crippen molar-refractivity contribution < 1.29 is 0 Å². The summed E-state index contributed by atoms with van der Waals surface area (Å²) < 4.78 is 0. The average Bonchev–Trinajstić information content (AvgIpc) is 3.27. The zero-order chi connectivity index (χ0) is 14.5. The minimum absolute atomic E-state index is 0.342. The molecule has 106 valence electrons. The number of aromatic amines is 2. The summed E-state index contributed by atoms with van der Waals surface area (Å²) in [5.41, 5.74) is 5.41. The summed E-state index contributed by atoms with van der Waals surface area (Å²) in [5, 5.41) is 2.75. The zero-order valence-electron chi connectivity index (χ0n) is 12.1. The van der Waals surface area contributed by atoms with Gasteiger partial charge in [-0.3, -0.25) is 0 Å². The van der Waals surface area contributed by atoms with E-state index in [0.29, 0.717) is 11.8 Å². The molecule has 0 radical (unpaired) electrons. The highest BCUT2D eigenvalue weighted by atomic mass is 14.7. The molecule has 0 fully saturated rings. The monoisotopic (exact) mass is 284 g/mol. The summed E-state index contributed by atoms with van der Waals surface area (Å²) in [4.78, 5) is 6.87. The number of rotatable bonds is 2. The average molecular weight is 284 g/mol. The molecule has 0 spiro atoms. The van der Waals surface area contributed by atoms with Gasteiger partial charge in [0, 0.05) is 35.6 Å². The normalized spacial score (nSPS) is 19.8. The number of aromatic nitrogens is 2. The van der Waals surface area contributed by atoms with E-state index in [0.717, 1.165) is 0 Å². The minimum Gasteiger partial charge on any atom is -0.364 e. The Morgan fingerprint density at radius 2 is 1.14 bits per heavy atom. The fourth-order valence-corrected chi connectivity index (χ4v) is 4.05. The summed E-state index contributed by atoms with van der Waals surface area (Å²) in [5.74, 6) is 0.685. The number of nitrogens with one attached hydrogen (secondary N) is 2. The fraction of sp³-hybridized carbons (Fsp3) is 0.100. The lowest BCUT2D eigenvalue weighted by molar-refractivity contribution is 0.696. The van der Waals surface area contributed by atoms with Gasteiger partial charge in [0.1, 0.15) is 0 Å². The van der Waals surface area contributed by atoms with E-state index in [-0.39, 0.29) is 0 Å². The lowest BCUT2D eigenvalue weighted by Crippen LogP contribution is -2.09. The molecule has 0 amide bonds. The largest absolute Gasteiger partial charge is 0.364 e. The summed E-state index contributed by atoms with van der Waals surface area (Å²) in [6.45, 7) is 0. The van der Waals surface area contributed by atoms with Gasteiger partial charge in [-0.2, -0.15) is 0 Å². The molecule has 2 atom stereocenters. The van der Waals surface area contributed by atoms with Crippen LogP contribution >= 0.6 is 0 Å². The lowest BCUT2D eigenvalue weighted by Gasteiger charge is -2.20. The van der Waals surface area contributed by atoms with Crippen molar-refractivity contribution in [3.05, 3.63) is 95.6 Å². The fourth-order valence-electron chi connectivity index (χ4n) is 4.05. The maximum atomic E-state index is 3.43. The number of H-pyrrole nitrogens is 2. The molecule has 2 nitrogen and oxygen atoms in total. The van der Waals surface area contributed by atoms with Crippen molar-refractivity contribution in [1.29, 1.82) is 0 Å². The number of hydrogen-bond acceptors (Lipinski definition) is 0. The second kappa shape index (κ2) is 4.38. The van der Waals surface area contributed by atoms with E-state index in [2.05, 4.69) is 70.6 Å². The molecule has 1 aliphatic rings. The molecule has 0 saturated carbocycles. The van der Waals surface area contributed by atoms with Crippen molar-refractivity contribution in [2.45, 2.75) is 11.8 Å². The molecule has 4 aromatic rings. The molecule has 0 aliphatic heterocycles. The van der Waals surface area contributed by atoms with Crippen LogP contribution in [0.5, 0.6) is 0 Å². The van der Waals surface area contributed by atoms with Crippen molar-refractivity contribution in [2.75, 3.05) is 0 Å². The first kappa shape index (κ1) is 11.9. The molecular weight excluding hydrogens is 268 g/mol. The van der Waals surface area contributed by atoms with Crippen LogP contribution in [0.2, 0.25) is 0 Å². The Kier molecular flexibility index (Phi) is 2.36. The van der Waals surface area contributed by atoms with Gasteiger partial charge in [-0.1, -0.05) is 36.4 Å². The Morgan fingerprint density at radius 1 is 0.591 bits per heavy atom. The maximum Gasteiger partial charge on any atom is 0.0371 e. The first-order valence-electron chi connectivity index (χ1n) is 7.71. The summed E-state index contributed by atoms with van der Waals surface area (Å²) in [6.07, 6.45) is 4.04. The van der Waals surface area contributed by atoms with Crippen LogP contribution in [0, 0.1) is 0 Å². The Morgan fingerprint density at radius 3 is 1.59 bits per heavy atom. The van der Waals surface area contributed by atoms with Gasteiger partial charge in [0.25, 0.3) is 0 Å². The lowest BCUT2D eigenvalue weighted by atomic mass is 9.85. The van der Waals surface area contributed by atoms with Crippen LogP contribution in [0.1, 0.15) is 34.4 Å². The predicted molar refractivity (Wildman–Crippen MR) is 89.2 cm³/mol. The molecule has 2 aromatic carbocycles. The van der Waals surface area contributed by atoms with Gasteiger partial charge in [-0.15, -0.1) is 0 Å². The van der Waals surface area contributed by atoms with Crippen molar-refractivity contribution in [3.8, 4) is 0 Å². The van der Waals surface area contributed by atoms with Crippen LogP contribution in [0.15, 0.2) is 73.1 Å². The summed E-state index contributed by atoms with van der Waals surface area (Å²) >= 11 is 0. The van der Waals surface area contributed by atoms with Crippen LogP contribution in [-0.2, 0) is 0 Å². The molecule has 0 bridgehead atoms. The van der Waals surface area contributed by atoms with Crippen molar-refractivity contribution in [2.24, 2.45) is 0 Å². The van der Waals surface area contributed by atoms with Gasteiger partial charge in [0.05, 0.1) is 0 Å². The summed E-state index contributed by atoms with van der Waals surface area (Å²) in [6, 6.07) is 21.9. The van der Waals surface area contributed by atoms with Gasteiger partial charge in [0.15, 0.2) is 0 Å². The van der Waals surface area contributed by atoms with Gasteiger partial charge in [0.2, 0.25) is 0 Å².